The molecule has 0 N–H and O–H groups in total. The van der Waals surface area contributed by atoms with Gasteiger partial charge in [0.15, 0.2) is 10.8 Å². The van der Waals surface area contributed by atoms with Gasteiger partial charge in [0, 0.05) is 0 Å². The molecule has 6 heteroatoms. The van der Waals surface area contributed by atoms with E-state index in [4.69, 9.17) is 10.9 Å². The average Bonchev–Trinajstić information content (AvgIpc) is 2.55. The van der Waals surface area contributed by atoms with Gasteiger partial charge in [0.25, 0.3) is 5.39 Å². The van der Waals surface area contributed by atoms with Gasteiger partial charge in [-0.25, -0.2) is 0 Å². The Bertz CT molecular complexity index is 725. The first kappa shape index (κ1) is 14.9. The van der Waals surface area contributed by atoms with Crippen molar-refractivity contribution >= 4 is 11.4 Å². The second kappa shape index (κ2) is 7.97. The number of nitrogens with zero attached hydrogens (tertiary/aromatic N) is 6. The zero-order chi connectivity index (χ0) is 15.6. The summed E-state index contributed by atoms with van der Waals surface area (Å²) in [7, 11) is 0. The zero-order valence-corrected chi connectivity index (χ0v) is 11.6. The molecule has 0 atom stereocenters. The maximum absolute atomic E-state index is 8.33. The van der Waals surface area contributed by atoms with E-state index in [0.29, 0.717) is 11.4 Å². The molecule has 0 radical (unpaired) electrons. The van der Waals surface area contributed by atoms with E-state index in [1.807, 2.05) is 48.6 Å². The fraction of sp³-hybridized carbons (Fsp3) is 0. The molecule has 0 aromatic carbocycles. The van der Waals surface area contributed by atoms with Gasteiger partial charge in [0.1, 0.15) is 0 Å². The highest BCUT2D eigenvalue weighted by Crippen LogP contribution is 2.09. The molecule has 0 saturated carbocycles. The van der Waals surface area contributed by atoms with Crippen molar-refractivity contribution in [1.82, 2.24) is 0 Å². The SMILES string of the molecule is N#[N+]N=C1C=CC(=CC=CC=C2C=CC(=NN=[N-])C=C2)C=C1. The zero-order valence-electron chi connectivity index (χ0n) is 11.6. The van der Waals surface area contributed by atoms with Crippen LogP contribution in [0.25, 0.3) is 10.6 Å². The predicted molar refractivity (Wildman–Crippen MR) is 87.6 cm³/mol. The number of hydrogen-bond acceptors (Lipinski definition) is 3. The maximum atomic E-state index is 8.33. The van der Waals surface area contributed by atoms with Crippen molar-refractivity contribution in [3.63, 3.8) is 0 Å². The molecule has 22 heavy (non-hydrogen) atoms. The number of rotatable bonds is 3. The van der Waals surface area contributed by atoms with Crippen LogP contribution in [0.3, 0.4) is 0 Å². The van der Waals surface area contributed by atoms with Crippen LogP contribution >= 0.6 is 0 Å². The summed E-state index contributed by atoms with van der Waals surface area (Å²) in [5, 5.41) is 20.8. The Labute approximate surface area is 127 Å². The smallest absolute Gasteiger partial charge is 0.339 e. The molecule has 0 aromatic heterocycles. The molecule has 0 spiro atoms. The minimum atomic E-state index is 0.593. The van der Waals surface area contributed by atoms with Crippen molar-refractivity contribution in [3.05, 3.63) is 94.7 Å². The normalized spacial score (nSPS) is 16.0. The largest absolute Gasteiger partial charge is 0.362 e. The number of diazo groups is 1. The van der Waals surface area contributed by atoms with Crippen molar-refractivity contribution in [3.8, 4) is 0 Å². The second-order valence-electron chi connectivity index (χ2n) is 4.28. The highest BCUT2D eigenvalue weighted by atomic mass is 15.3. The second-order valence-corrected chi connectivity index (χ2v) is 4.28. The van der Waals surface area contributed by atoms with Crippen LogP contribution in [0, 0.1) is 5.39 Å². The van der Waals surface area contributed by atoms with Crippen LogP contribution < -0.4 is 0 Å². The maximum Gasteiger partial charge on any atom is 0.339 e. The fourth-order valence-electron chi connectivity index (χ4n) is 1.74. The van der Waals surface area contributed by atoms with Crippen LogP contribution in [0.15, 0.2) is 99.5 Å². The molecule has 106 valence electrons. The standard InChI is InChI=1S/C16H12N6/c17-21-19-15-9-5-13(6-10-15)3-1-2-4-14-7-11-16(12-8-14)20-22-18/h1-12H. The molecular formula is C16H12N6. The van der Waals surface area contributed by atoms with Gasteiger partial charge in [-0.3, -0.25) is 5.22 Å². The van der Waals surface area contributed by atoms with Crippen LogP contribution in [-0.4, -0.2) is 11.4 Å². The van der Waals surface area contributed by atoms with Crippen molar-refractivity contribution in [2.75, 3.05) is 0 Å². The van der Waals surface area contributed by atoms with E-state index in [-0.39, 0.29) is 0 Å². The van der Waals surface area contributed by atoms with Crippen LogP contribution in [0.4, 0.5) is 0 Å². The van der Waals surface area contributed by atoms with E-state index in [0.717, 1.165) is 11.1 Å². The Balaban J connectivity index is 1.95. The Kier molecular flexibility index (Phi) is 5.41. The van der Waals surface area contributed by atoms with Gasteiger partial charge in [-0.05, 0) is 29.0 Å². The molecule has 6 nitrogen and oxygen atoms in total. The molecule has 0 aliphatic heterocycles. The molecule has 2 rings (SSSR count). The van der Waals surface area contributed by atoms with Gasteiger partial charge in [-0.1, -0.05) is 60.8 Å². The molecule has 0 heterocycles. The molecule has 0 fully saturated rings. The summed E-state index contributed by atoms with van der Waals surface area (Å²) < 4.78 is 0. The first-order chi connectivity index (χ1) is 10.8. The van der Waals surface area contributed by atoms with E-state index >= 15 is 0 Å². The lowest BCUT2D eigenvalue weighted by atomic mass is 10.1. The molecule has 0 unspecified atom stereocenters. The van der Waals surface area contributed by atoms with Crippen molar-refractivity contribution < 1.29 is 0 Å². The third-order valence-corrected chi connectivity index (χ3v) is 2.80. The summed E-state index contributed by atoms with van der Waals surface area (Å²) in [4.78, 5) is 0. The Hall–Kier alpha value is -3.46. The quantitative estimate of drug-likeness (QED) is 0.434. The molecule has 0 bridgehead atoms. The summed E-state index contributed by atoms with van der Waals surface area (Å²) in [6.07, 6.45) is 22.3. The van der Waals surface area contributed by atoms with Crippen LogP contribution in [0.1, 0.15) is 0 Å². The van der Waals surface area contributed by atoms with Gasteiger partial charge >= 0.3 is 5.08 Å². The molecule has 2 aliphatic carbocycles. The lowest BCUT2D eigenvalue weighted by molar-refractivity contribution is 1.22. The van der Waals surface area contributed by atoms with Gasteiger partial charge in [-0.2, -0.15) is 0 Å². The fourth-order valence-corrected chi connectivity index (χ4v) is 1.74. The van der Waals surface area contributed by atoms with Gasteiger partial charge in [-0.15, -0.1) is 0 Å². The summed E-state index contributed by atoms with van der Waals surface area (Å²) in [6, 6.07) is 0. The van der Waals surface area contributed by atoms with Crippen molar-refractivity contribution in [1.29, 1.82) is 5.39 Å². The van der Waals surface area contributed by atoms with E-state index in [2.05, 4.69) is 20.5 Å². The van der Waals surface area contributed by atoms with Crippen LogP contribution in [-0.2, 0) is 0 Å². The summed E-state index contributed by atoms with van der Waals surface area (Å²) in [6.45, 7) is 0. The van der Waals surface area contributed by atoms with Crippen molar-refractivity contribution in [2.24, 2.45) is 15.4 Å². The Morgan fingerprint density at radius 1 is 0.818 bits per heavy atom. The van der Waals surface area contributed by atoms with Gasteiger partial charge in [0.2, 0.25) is 0 Å². The Morgan fingerprint density at radius 3 is 1.77 bits per heavy atom. The van der Waals surface area contributed by atoms with Gasteiger partial charge < -0.3 is 10.6 Å². The summed E-state index contributed by atoms with van der Waals surface area (Å²) in [5.41, 5.74) is 11.5. The highest BCUT2D eigenvalue weighted by Gasteiger charge is 2.00. The van der Waals surface area contributed by atoms with Crippen LogP contribution in [0.5, 0.6) is 0 Å². The number of hydrogen-bond donors (Lipinski definition) is 0. The topological polar surface area (TPSA) is 87.5 Å². The minimum Gasteiger partial charge on any atom is -0.362 e. The first-order valence-corrected chi connectivity index (χ1v) is 6.47. The molecule has 0 amide bonds. The minimum absolute atomic E-state index is 0.593. The Morgan fingerprint density at radius 2 is 1.32 bits per heavy atom. The molecular weight excluding hydrogens is 276 g/mol. The molecule has 2 aliphatic rings. The average molecular weight is 288 g/mol. The summed E-state index contributed by atoms with van der Waals surface area (Å²) in [5.74, 6) is 0. The monoisotopic (exact) mass is 288 g/mol. The van der Waals surface area contributed by atoms with Crippen LogP contribution in [0.2, 0.25) is 0 Å². The highest BCUT2D eigenvalue weighted by molar-refractivity contribution is 6.06. The van der Waals surface area contributed by atoms with E-state index in [1.54, 1.807) is 24.3 Å². The predicted octanol–water partition coefficient (Wildman–Crippen LogP) is 4.23. The lowest BCUT2D eigenvalue weighted by Crippen LogP contribution is -1.92. The summed E-state index contributed by atoms with van der Waals surface area (Å²) >= 11 is 0. The number of allylic oxidation sites excluding steroid dienone is 14. The van der Waals surface area contributed by atoms with E-state index in [9.17, 15) is 0 Å². The van der Waals surface area contributed by atoms with Gasteiger partial charge in [0.05, 0.1) is 0 Å². The lowest BCUT2D eigenvalue weighted by Gasteiger charge is -2.04. The van der Waals surface area contributed by atoms with E-state index in [1.165, 1.54) is 0 Å². The molecule has 0 saturated heterocycles. The molecule has 0 aromatic rings. The third-order valence-electron chi connectivity index (χ3n) is 2.80. The third kappa shape index (κ3) is 4.58. The van der Waals surface area contributed by atoms with Crippen molar-refractivity contribution in [2.45, 2.75) is 0 Å². The van der Waals surface area contributed by atoms with E-state index < -0.39 is 0 Å². The first-order valence-electron chi connectivity index (χ1n) is 6.47.